The average Bonchev–Trinajstić information content (AvgIpc) is 1.61. The number of unbranched alkanes of at least 4 members (excludes halogenated alkanes) is 1. The minimum Gasteiger partial charge on any atom is -0.343 e. The molecule has 0 fully saturated rings. The third kappa shape index (κ3) is 112. The van der Waals surface area contributed by atoms with Gasteiger partial charge in [-0.05, 0) is 0 Å². The van der Waals surface area contributed by atoms with Gasteiger partial charge in [-0.2, -0.15) is 6.42 Å². The van der Waals surface area contributed by atoms with Gasteiger partial charge in [0.2, 0.25) is 0 Å². The van der Waals surface area contributed by atoms with Crippen molar-refractivity contribution in [2.75, 3.05) is 0 Å². The predicted molar refractivity (Wildman–Crippen MR) is 57.6 cm³/mol. The molecular weight excluding hydrogens is 303 g/mol. The fraction of sp³-hybridized carbons (Fsp3) is 0.857. The normalized spacial score (nSPS) is 9.00. The molecule has 0 aliphatic rings. The predicted octanol–water partition coefficient (Wildman–Crippen LogP) is 3.87. The zero-order valence-electron chi connectivity index (χ0n) is 7.30. The van der Waals surface area contributed by atoms with Crippen molar-refractivity contribution >= 4 is 27.4 Å². The molecular formula is C7H18CuISi. The van der Waals surface area contributed by atoms with Crippen LogP contribution >= 0.6 is 21.8 Å². The van der Waals surface area contributed by atoms with Crippen molar-refractivity contribution in [3.8, 4) is 0 Å². The molecule has 0 atom stereocenters. The van der Waals surface area contributed by atoms with Crippen LogP contribution in [0, 0.1) is 6.92 Å². The van der Waals surface area contributed by atoms with Crippen LogP contribution in [-0.4, -0.2) is 5.57 Å². The van der Waals surface area contributed by atoms with Gasteiger partial charge in [0, 0.05) is 0 Å². The summed E-state index contributed by atoms with van der Waals surface area (Å²) in [5.74, 6) is 0. The molecule has 0 nitrogen and oxygen atoms in total. The van der Waals surface area contributed by atoms with Crippen molar-refractivity contribution < 1.29 is 17.1 Å². The fourth-order valence-corrected chi connectivity index (χ4v) is 0. The molecule has 0 spiro atoms. The van der Waals surface area contributed by atoms with Crippen LogP contribution < -0.4 is 0 Å². The van der Waals surface area contributed by atoms with E-state index in [-0.39, 0.29) is 17.1 Å². The number of halogens is 1. The van der Waals surface area contributed by atoms with Crippen LogP contribution in [0.4, 0.5) is 0 Å². The van der Waals surface area contributed by atoms with Gasteiger partial charge in [-0.3, -0.25) is 0 Å². The molecule has 0 aliphatic heterocycles. The maximum Gasteiger partial charge on any atom is 1.00 e. The molecule has 0 bridgehead atoms. The summed E-state index contributed by atoms with van der Waals surface area (Å²) in [6.45, 7) is 12.7. The maximum atomic E-state index is 3.60. The summed E-state index contributed by atoms with van der Waals surface area (Å²) in [5, 5.41) is 0. The van der Waals surface area contributed by atoms with Crippen molar-refractivity contribution in [2.24, 2.45) is 0 Å². The monoisotopic (exact) mass is 320 g/mol. The van der Waals surface area contributed by atoms with E-state index in [9.17, 15) is 0 Å². The van der Waals surface area contributed by atoms with Crippen LogP contribution in [0.1, 0.15) is 19.8 Å². The quantitative estimate of drug-likeness (QED) is 0.298. The Morgan fingerprint density at radius 1 is 1.30 bits per heavy atom. The molecule has 0 radical (unpaired) electrons. The molecule has 0 unspecified atom stereocenters. The van der Waals surface area contributed by atoms with Crippen molar-refractivity contribution in [1.29, 1.82) is 0 Å². The van der Waals surface area contributed by atoms with Crippen molar-refractivity contribution in [1.82, 2.24) is 0 Å². The van der Waals surface area contributed by atoms with E-state index in [1.54, 1.807) is 0 Å². The van der Waals surface area contributed by atoms with Crippen LogP contribution in [0.5, 0.6) is 0 Å². The Bertz CT molecular complexity index is 44.1. The van der Waals surface area contributed by atoms with E-state index in [0.29, 0.717) is 0 Å². The molecule has 68 valence electrons. The minimum atomic E-state index is -0.641. The van der Waals surface area contributed by atoms with E-state index >= 15 is 0 Å². The molecule has 0 saturated heterocycles. The molecule has 0 aliphatic carbocycles. The fourth-order valence-electron chi connectivity index (χ4n) is 0. The van der Waals surface area contributed by atoms with E-state index < -0.39 is 5.57 Å². The summed E-state index contributed by atoms with van der Waals surface area (Å²) < 4.78 is 0. The summed E-state index contributed by atoms with van der Waals surface area (Å²) >= 11 is 2.52. The van der Waals surface area contributed by atoms with Crippen LogP contribution in [-0.2, 0) is 17.1 Å². The van der Waals surface area contributed by atoms with Crippen LogP contribution in [0.25, 0.3) is 0 Å². The van der Waals surface area contributed by atoms with Gasteiger partial charge in [0.25, 0.3) is 0 Å². The summed E-state index contributed by atoms with van der Waals surface area (Å²) in [6.07, 6.45) is 2.28. The third-order valence-corrected chi connectivity index (χ3v) is 0.354. The molecule has 10 heavy (non-hydrogen) atoms. The number of hydrogen-bond donors (Lipinski definition) is 0. The van der Waals surface area contributed by atoms with Gasteiger partial charge in [0.15, 0.2) is 0 Å². The standard InChI is InChI=1S/C4H9.C3H9ISi.Cu/c1-3-4-2;1-5(2,3)4;/h1,3-4H2,2H3;1-3H3;/q-1;;+1. The van der Waals surface area contributed by atoms with Gasteiger partial charge >= 0.3 is 17.1 Å². The van der Waals surface area contributed by atoms with Gasteiger partial charge in [-0.15, -0.1) is 21.8 Å². The first kappa shape index (κ1) is 17.5. The topological polar surface area (TPSA) is 0 Å². The van der Waals surface area contributed by atoms with Crippen LogP contribution in [0.2, 0.25) is 19.6 Å². The Morgan fingerprint density at radius 2 is 1.40 bits per heavy atom. The molecule has 0 heterocycles. The largest absolute Gasteiger partial charge is 1.00 e. The summed E-state index contributed by atoms with van der Waals surface area (Å²) in [5.41, 5.74) is -0.641. The SMILES string of the molecule is C[Si](C)(C)I.[CH2-]CCC.[Cu+]. The first-order valence-corrected chi connectivity index (χ1v) is 10.0. The minimum absolute atomic E-state index is 0. The van der Waals surface area contributed by atoms with Gasteiger partial charge in [-0.25, -0.2) is 0 Å². The molecule has 0 amide bonds. The van der Waals surface area contributed by atoms with Gasteiger partial charge in [0.05, 0.1) is 0 Å². The van der Waals surface area contributed by atoms with Gasteiger partial charge in [-0.1, -0.05) is 33.0 Å². The molecule has 0 aromatic rings. The smallest absolute Gasteiger partial charge is 0.343 e. The zero-order chi connectivity index (χ0) is 7.91. The zero-order valence-corrected chi connectivity index (χ0v) is 11.4. The first-order chi connectivity index (χ1) is 3.91. The first-order valence-electron chi connectivity index (χ1n) is 3.40. The van der Waals surface area contributed by atoms with E-state index in [1.807, 2.05) is 0 Å². The van der Waals surface area contributed by atoms with Crippen LogP contribution in [0.3, 0.4) is 0 Å². The third-order valence-electron chi connectivity index (χ3n) is 0.354. The van der Waals surface area contributed by atoms with E-state index in [4.69, 9.17) is 0 Å². The van der Waals surface area contributed by atoms with Crippen molar-refractivity contribution in [3.63, 3.8) is 0 Å². The molecule has 0 aromatic carbocycles. The van der Waals surface area contributed by atoms with Crippen molar-refractivity contribution in [3.05, 3.63) is 6.92 Å². The Morgan fingerprint density at radius 3 is 1.40 bits per heavy atom. The Labute approximate surface area is 90.2 Å². The molecule has 0 rings (SSSR count). The summed E-state index contributed by atoms with van der Waals surface area (Å²) in [4.78, 5) is 0. The second kappa shape index (κ2) is 10.5. The Hall–Kier alpha value is 1.47. The molecule has 0 saturated carbocycles. The maximum absolute atomic E-state index is 3.60. The van der Waals surface area contributed by atoms with Crippen LogP contribution in [0.15, 0.2) is 0 Å². The Kier molecular flexibility index (Phi) is 18.3. The van der Waals surface area contributed by atoms with Gasteiger partial charge < -0.3 is 6.92 Å². The average molecular weight is 321 g/mol. The molecule has 3 heteroatoms. The second-order valence-electron chi connectivity index (χ2n) is 2.92. The Balaban J connectivity index is -0.0000000910. The number of hydrogen-bond acceptors (Lipinski definition) is 0. The summed E-state index contributed by atoms with van der Waals surface area (Å²) in [7, 11) is 0. The number of rotatable bonds is 1. The van der Waals surface area contributed by atoms with Gasteiger partial charge in [0.1, 0.15) is 5.57 Å². The second-order valence-corrected chi connectivity index (χ2v) is 16.8. The van der Waals surface area contributed by atoms with E-state index in [2.05, 4.69) is 55.3 Å². The molecule has 0 aromatic heterocycles. The summed E-state index contributed by atoms with van der Waals surface area (Å²) in [6, 6.07) is 0. The molecule has 0 N–H and O–H groups in total. The van der Waals surface area contributed by atoms with E-state index in [0.717, 1.165) is 6.42 Å². The van der Waals surface area contributed by atoms with E-state index in [1.165, 1.54) is 6.42 Å². The van der Waals surface area contributed by atoms with Crippen molar-refractivity contribution in [2.45, 2.75) is 39.4 Å².